The maximum Gasteiger partial charge on any atom is 0.336 e. The summed E-state index contributed by atoms with van der Waals surface area (Å²) in [6, 6.07) is 11.7. The third-order valence-corrected chi connectivity index (χ3v) is 4.56. The average molecular weight is 417 g/mol. The minimum absolute atomic E-state index is 0.105. The zero-order chi connectivity index (χ0) is 21.0. The maximum absolute atomic E-state index is 12.5. The first-order valence-corrected chi connectivity index (χ1v) is 9.20. The Morgan fingerprint density at radius 2 is 1.93 bits per heavy atom. The molecule has 0 atom stereocenters. The van der Waals surface area contributed by atoms with Gasteiger partial charge in [-0.05, 0) is 42.9 Å². The number of anilines is 1. The highest BCUT2D eigenvalue weighted by atomic mass is 35.5. The van der Waals surface area contributed by atoms with Crippen LogP contribution in [-0.2, 0) is 11.3 Å². The average Bonchev–Trinajstić information content (AvgIpc) is 2.67. The molecule has 0 unspecified atom stereocenters. The van der Waals surface area contributed by atoms with E-state index in [0.29, 0.717) is 34.3 Å². The van der Waals surface area contributed by atoms with Crippen LogP contribution in [0.3, 0.4) is 0 Å². The van der Waals surface area contributed by atoms with Crippen molar-refractivity contribution in [2.24, 2.45) is 0 Å². The summed E-state index contributed by atoms with van der Waals surface area (Å²) in [7, 11) is 4.86. The highest BCUT2D eigenvalue weighted by molar-refractivity contribution is 6.31. The Bertz CT molecular complexity index is 1100. The van der Waals surface area contributed by atoms with Crippen LogP contribution in [0.4, 0.5) is 5.69 Å². The Labute approximate surface area is 172 Å². The van der Waals surface area contributed by atoms with Crippen LogP contribution < -0.4 is 20.4 Å². The fraction of sp³-hybridized carbons (Fsp3) is 0.238. The van der Waals surface area contributed by atoms with E-state index in [1.165, 1.54) is 13.2 Å². The summed E-state index contributed by atoms with van der Waals surface area (Å²) in [5.74, 6) is 0.883. The van der Waals surface area contributed by atoms with Crippen molar-refractivity contribution in [2.75, 3.05) is 33.1 Å². The molecule has 2 aromatic carbocycles. The number of hydrogen-bond donors (Lipinski definition) is 1. The van der Waals surface area contributed by atoms with Crippen LogP contribution in [-0.4, -0.2) is 38.6 Å². The number of carbonyl (C=O) groups excluding carboxylic acids is 1. The molecule has 8 heteroatoms. The Kier molecular flexibility index (Phi) is 6.41. The fourth-order valence-corrected chi connectivity index (χ4v) is 3.20. The standard InChI is InChI=1S/C21H21ClN2O5/c1-24(12-20(25)23-17-9-14(22)4-7-18(17)28-3)11-13-8-21(26)29-19-10-15(27-2)5-6-16(13)19/h4-10H,11-12H2,1-3H3,(H,23,25). The van der Waals surface area contributed by atoms with Crippen molar-refractivity contribution in [3.63, 3.8) is 0 Å². The van der Waals surface area contributed by atoms with Crippen LogP contribution in [0.1, 0.15) is 5.56 Å². The van der Waals surface area contributed by atoms with Crippen molar-refractivity contribution in [3.8, 4) is 11.5 Å². The highest BCUT2D eigenvalue weighted by Gasteiger charge is 2.14. The van der Waals surface area contributed by atoms with Crippen LogP contribution in [0, 0.1) is 0 Å². The van der Waals surface area contributed by atoms with Gasteiger partial charge in [0.25, 0.3) is 0 Å². The van der Waals surface area contributed by atoms with E-state index >= 15 is 0 Å². The summed E-state index contributed by atoms with van der Waals surface area (Å²) in [5, 5.41) is 4.07. The van der Waals surface area contributed by atoms with Gasteiger partial charge >= 0.3 is 5.63 Å². The van der Waals surface area contributed by atoms with E-state index in [-0.39, 0.29) is 12.5 Å². The van der Waals surface area contributed by atoms with Crippen molar-refractivity contribution in [2.45, 2.75) is 6.54 Å². The summed E-state index contributed by atoms with van der Waals surface area (Å²) in [6.45, 7) is 0.488. The number of likely N-dealkylation sites (N-methyl/N-ethyl adjacent to an activating group) is 1. The van der Waals surface area contributed by atoms with Gasteiger partial charge in [0.1, 0.15) is 17.1 Å². The lowest BCUT2D eigenvalue weighted by Crippen LogP contribution is -2.30. The number of nitrogens with zero attached hydrogens (tertiary/aromatic N) is 1. The highest BCUT2D eigenvalue weighted by Crippen LogP contribution is 2.28. The molecule has 0 aliphatic heterocycles. The van der Waals surface area contributed by atoms with Crippen LogP contribution in [0.15, 0.2) is 51.7 Å². The topological polar surface area (TPSA) is 81.0 Å². The molecule has 1 heterocycles. The molecular formula is C21H21ClN2O5. The molecule has 0 radical (unpaired) electrons. The lowest BCUT2D eigenvalue weighted by atomic mass is 10.1. The number of fused-ring (bicyclic) bond motifs is 1. The van der Waals surface area contributed by atoms with Crippen molar-refractivity contribution >= 4 is 34.2 Å². The van der Waals surface area contributed by atoms with E-state index in [4.69, 9.17) is 25.5 Å². The first-order valence-electron chi connectivity index (χ1n) is 8.82. The Morgan fingerprint density at radius 3 is 2.66 bits per heavy atom. The number of amides is 1. The van der Waals surface area contributed by atoms with Crippen molar-refractivity contribution in [3.05, 3.63) is 63.5 Å². The van der Waals surface area contributed by atoms with E-state index < -0.39 is 5.63 Å². The fourth-order valence-electron chi connectivity index (χ4n) is 3.03. The van der Waals surface area contributed by atoms with Crippen molar-refractivity contribution in [1.29, 1.82) is 0 Å². The molecule has 152 valence electrons. The SMILES string of the molecule is COc1ccc2c(CN(C)CC(=O)Nc3cc(Cl)ccc3OC)cc(=O)oc2c1. The van der Waals surface area contributed by atoms with E-state index in [1.807, 2.05) is 6.07 Å². The first kappa shape index (κ1) is 20.7. The number of rotatable bonds is 7. The summed E-state index contributed by atoms with van der Waals surface area (Å²) >= 11 is 6.00. The minimum Gasteiger partial charge on any atom is -0.497 e. The molecule has 0 saturated carbocycles. The Morgan fingerprint density at radius 1 is 1.14 bits per heavy atom. The quantitative estimate of drug-likeness (QED) is 0.593. The molecule has 3 rings (SSSR count). The maximum atomic E-state index is 12.5. The molecule has 0 bridgehead atoms. The van der Waals surface area contributed by atoms with E-state index in [2.05, 4.69) is 5.32 Å². The predicted octanol–water partition coefficient (Wildman–Crippen LogP) is 3.53. The summed E-state index contributed by atoms with van der Waals surface area (Å²) in [6.07, 6.45) is 0. The Balaban J connectivity index is 1.74. The van der Waals surface area contributed by atoms with Gasteiger partial charge in [-0.25, -0.2) is 4.79 Å². The van der Waals surface area contributed by atoms with Gasteiger partial charge < -0.3 is 19.2 Å². The summed E-state index contributed by atoms with van der Waals surface area (Å²) < 4.78 is 15.7. The van der Waals surface area contributed by atoms with Crippen molar-refractivity contribution < 1.29 is 18.7 Å². The normalized spacial score (nSPS) is 10.9. The molecular weight excluding hydrogens is 396 g/mol. The molecule has 1 N–H and O–H groups in total. The number of ether oxygens (including phenoxy) is 2. The lowest BCUT2D eigenvalue weighted by molar-refractivity contribution is -0.117. The molecule has 0 aliphatic carbocycles. The van der Waals surface area contributed by atoms with Gasteiger partial charge in [0.2, 0.25) is 5.91 Å². The molecule has 0 spiro atoms. The third kappa shape index (κ3) is 5.07. The third-order valence-electron chi connectivity index (χ3n) is 4.33. The smallest absolute Gasteiger partial charge is 0.336 e. The van der Waals surface area contributed by atoms with Crippen molar-refractivity contribution in [1.82, 2.24) is 4.90 Å². The second-order valence-electron chi connectivity index (χ2n) is 6.52. The molecule has 3 aromatic rings. The van der Waals surface area contributed by atoms with Gasteiger partial charge in [0.05, 0.1) is 26.5 Å². The zero-order valence-electron chi connectivity index (χ0n) is 16.3. The van der Waals surface area contributed by atoms with Gasteiger partial charge in [0.15, 0.2) is 0 Å². The summed E-state index contributed by atoms with van der Waals surface area (Å²) in [4.78, 5) is 26.2. The van der Waals surface area contributed by atoms with Gasteiger partial charge in [-0.2, -0.15) is 0 Å². The molecule has 0 fully saturated rings. The van der Waals surface area contributed by atoms with Gasteiger partial charge in [0, 0.05) is 29.1 Å². The van der Waals surface area contributed by atoms with E-state index in [0.717, 1.165) is 10.9 Å². The van der Waals surface area contributed by atoms with Gasteiger partial charge in [-0.3, -0.25) is 9.69 Å². The minimum atomic E-state index is -0.456. The second-order valence-corrected chi connectivity index (χ2v) is 6.95. The number of halogens is 1. The van der Waals surface area contributed by atoms with Gasteiger partial charge in [-0.1, -0.05) is 11.6 Å². The number of methoxy groups -OCH3 is 2. The number of nitrogens with one attached hydrogen (secondary N) is 1. The number of hydrogen-bond acceptors (Lipinski definition) is 6. The van der Waals surface area contributed by atoms with E-state index in [9.17, 15) is 9.59 Å². The molecule has 1 aromatic heterocycles. The molecule has 1 amide bonds. The van der Waals surface area contributed by atoms with Crippen LogP contribution in [0.5, 0.6) is 11.5 Å². The zero-order valence-corrected chi connectivity index (χ0v) is 17.1. The Hall–Kier alpha value is -3.03. The molecule has 29 heavy (non-hydrogen) atoms. The van der Waals surface area contributed by atoms with Crippen LogP contribution in [0.25, 0.3) is 11.0 Å². The molecule has 7 nitrogen and oxygen atoms in total. The monoisotopic (exact) mass is 416 g/mol. The predicted molar refractivity (Wildman–Crippen MR) is 112 cm³/mol. The largest absolute Gasteiger partial charge is 0.497 e. The first-order chi connectivity index (χ1) is 13.9. The second kappa shape index (κ2) is 8.98. The van der Waals surface area contributed by atoms with Gasteiger partial charge in [-0.15, -0.1) is 0 Å². The number of benzene rings is 2. The molecule has 0 saturated heterocycles. The van der Waals surface area contributed by atoms with Crippen LogP contribution in [0.2, 0.25) is 5.02 Å². The lowest BCUT2D eigenvalue weighted by Gasteiger charge is -2.18. The summed E-state index contributed by atoms with van der Waals surface area (Å²) in [5.41, 5.74) is 1.24. The van der Waals surface area contributed by atoms with Crippen LogP contribution >= 0.6 is 11.6 Å². The number of carbonyl (C=O) groups is 1. The molecule has 0 aliphatic rings. The van der Waals surface area contributed by atoms with E-state index in [1.54, 1.807) is 49.4 Å².